The summed E-state index contributed by atoms with van der Waals surface area (Å²) in [5, 5.41) is 2.74. The number of rotatable bonds is 2. The van der Waals surface area contributed by atoms with Crippen molar-refractivity contribution in [2.24, 2.45) is 0 Å². The highest BCUT2D eigenvalue weighted by molar-refractivity contribution is 7.07. The summed E-state index contributed by atoms with van der Waals surface area (Å²) in [4.78, 5) is 0. The smallest absolute Gasteiger partial charge is 0.115 e. The van der Waals surface area contributed by atoms with E-state index in [2.05, 4.69) is 96.9 Å². The minimum absolute atomic E-state index is 0.973. The van der Waals surface area contributed by atoms with Crippen LogP contribution in [0, 0.1) is 11.5 Å². The fourth-order valence-electron chi connectivity index (χ4n) is 2.60. The summed E-state index contributed by atoms with van der Waals surface area (Å²) < 4.78 is 0. The fraction of sp³-hybridized carbons (Fsp3) is 0.100. The molecule has 0 unspecified atom stereocenters. The van der Waals surface area contributed by atoms with Gasteiger partial charge in [0.2, 0.25) is 0 Å². The third kappa shape index (κ3) is 2.91. The normalized spacial score (nSPS) is 13.5. The molecule has 102 valence electrons. The van der Waals surface area contributed by atoms with Crippen molar-refractivity contribution in [2.75, 3.05) is 0 Å². The molecule has 2 aromatic rings. The standard InChI is InChI=1S/C20H18Si/c1-21(19-12-4-2-5-13-19,20-14-6-3-7-15-20)17-16-18-10-8-9-11-18/h2-10,12-15H,11H2,1H3. The summed E-state index contributed by atoms with van der Waals surface area (Å²) in [5.74, 6) is 3.43. The van der Waals surface area contributed by atoms with Crippen LogP contribution in [0.3, 0.4) is 0 Å². The molecule has 0 bridgehead atoms. The lowest BCUT2D eigenvalue weighted by atomic mass is 10.2. The van der Waals surface area contributed by atoms with Gasteiger partial charge in [-0.2, -0.15) is 0 Å². The Hall–Kier alpha value is -2.30. The average Bonchev–Trinajstić information content (AvgIpc) is 3.08. The van der Waals surface area contributed by atoms with Crippen LogP contribution in [0.25, 0.3) is 0 Å². The molecule has 1 heteroatoms. The van der Waals surface area contributed by atoms with Crippen LogP contribution in [0.15, 0.2) is 84.5 Å². The zero-order valence-corrected chi connectivity index (χ0v) is 13.2. The lowest BCUT2D eigenvalue weighted by Gasteiger charge is -2.22. The number of hydrogen-bond donors (Lipinski definition) is 0. The van der Waals surface area contributed by atoms with Crippen molar-refractivity contribution in [3.05, 3.63) is 84.5 Å². The van der Waals surface area contributed by atoms with Crippen LogP contribution in [0.2, 0.25) is 6.55 Å². The van der Waals surface area contributed by atoms with Crippen molar-refractivity contribution in [1.82, 2.24) is 0 Å². The second kappa shape index (κ2) is 5.99. The highest BCUT2D eigenvalue weighted by Crippen LogP contribution is 2.10. The monoisotopic (exact) mass is 286 g/mol. The molecular weight excluding hydrogens is 268 g/mol. The molecule has 0 N–H and O–H groups in total. The lowest BCUT2D eigenvalue weighted by Crippen LogP contribution is -2.54. The molecule has 0 atom stereocenters. The van der Waals surface area contributed by atoms with Crippen LogP contribution in [-0.4, -0.2) is 8.07 Å². The Morgan fingerprint density at radius 2 is 1.43 bits per heavy atom. The van der Waals surface area contributed by atoms with Crippen LogP contribution in [0.4, 0.5) is 0 Å². The van der Waals surface area contributed by atoms with Gasteiger partial charge in [0.25, 0.3) is 0 Å². The highest BCUT2D eigenvalue weighted by Gasteiger charge is 2.29. The topological polar surface area (TPSA) is 0 Å². The summed E-state index contributed by atoms with van der Waals surface area (Å²) in [6, 6.07) is 21.5. The van der Waals surface area contributed by atoms with E-state index in [1.54, 1.807) is 0 Å². The average molecular weight is 286 g/mol. The Morgan fingerprint density at radius 3 is 1.90 bits per heavy atom. The second-order valence-electron chi connectivity index (χ2n) is 5.43. The number of benzene rings is 2. The minimum Gasteiger partial charge on any atom is -0.115 e. The minimum atomic E-state index is -2.00. The molecule has 0 aliphatic heterocycles. The van der Waals surface area contributed by atoms with Gasteiger partial charge in [0, 0.05) is 5.57 Å². The SMILES string of the molecule is C[Si](C#CC1=CC=CC1)(c1ccccc1)c1ccccc1. The van der Waals surface area contributed by atoms with Crippen LogP contribution in [0.1, 0.15) is 6.42 Å². The highest BCUT2D eigenvalue weighted by atomic mass is 28.3. The van der Waals surface area contributed by atoms with Crippen LogP contribution >= 0.6 is 0 Å². The molecule has 0 fully saturated rings. The van der Waals surface area contributed by atoms with Crippen LogP contribution in [-0.2, 0) is 0 Å². The van der Waals surface area contributed by atoms with Crippen LogP contribution < -0.4 is 10.4 Å². The molecule has 0 amide bonds. The van der Waals surface area contributed by atoms with E-state index in [9.17, 15) is 0 Å². The maximum atomic E-state index is 3.65. The summed E-state index contributed by atoms with van der Waals surface area (Å²) in [5.41, 5.74) is 4.87. The van der Waals surface area contributed by atoms with E-state index in [4.69, 9.17) is 0 Å². The Morgan fingerprint density at radius 1 is 0.857 bits per heavy atom. The zero-order chi connectivity index (χ0) is 14.5. The number of allylic oxidation sites excluding steroid dienone is 4. The van der Waals surface area contributed by atoms with Crippen molar-refractivity contribution < 1.29 is 0 Å². The van der Waals surface area contributed by atoms with E-state index in [1.165, 1.54) is 15.9 Å². The molecular formula is C20H18Si. The van der Waals surface area contributed by atoms with E-state index < -0.39 is 8.07 Å². The van der Waals surface area contributed by atoms with Gasteiger partial charge in [0.1, 0.15) is 0 Å². The first-order valence-electron chi connectivity index (χ1n) is 7.29. The van der Waals surface area contributed by atoms with Gasteiger partial charge in [0.15, 0.2) is 8.07 Å². The number of hydrogen-bond acceptors (Lipinski definition) is 0. The molecule has 0 saturated heterocycles. The largest absolute Gasteiger partial charge is 0.196 e. The summed E-state index contributed by atoms with van der Waals surface area (Å²) >= 11 is 0. The van der Waals surface area contributed by atoms with Crippen molar-refractivity contribution in [2.45, 2.75) is 13.0 Å². The molecule has 0 heterocycles. The van der Waals surface area contributed by atoms with Gasteiger partial charge in [-0.05, 0) is 16.8 Å². The third-order valence-electron chi connectivity index (χ3n) is 3.95. The van der Waals surface area contributed by atoms with Gasteiger partial charge < -0.3 is 0 Å². The molecule has 0 nitrogen and oxygen atoms in total. The molecule has 21 heavy (non-hydrogen) atoms. The van der Waals surface area contributed by atoms with E-state index >= 15 is 0 Å². The van der Waals surface area contributed by atoms with E-state index in [0.717, 1.165) is 6.42 Å². The fourth-order valence-corrected chi connectivity index (χ4v) is 5.35. The Bertz CT molecular complexity index is 688. The quantitative estimate of drug-likeness (QED) is 0.587. The lowest BCUT2D eigenvalue weighted by molar-refractivity contribution is 1.36. The Kier molecular flexibility index (Phi) is 3.90. The molecule has 0 spiro atoms. The van der Waals surface area contributed by atoms with Gasteiger partial charge >= 0.3 is 0 Å². The first-order valence-corrected chi connectivity index (χ1v) is 9.79. The predicted octanol–water partition coefficient (Wildman–Crippen LogP) is 3.31. The summed E-state index contributed by atoms with van der Waals surface area (Å²) in [7, 11) is -2.00. The van der Waals surface area contributed by atoms with Crippen molar-refractivity contribution in [3.63, 3.8) is 0 Å². The first-order chi connectivity index (χ1) is 10.3. The Labute approximate surface area is 127 Å². The van der Waals surface area contributed by atoms with E-state index in [-0.39, 0.29) is 0 Å². The molecule has 3 rings (SSSR count). The molecule has 0 radical (unpaired) electrons. The van der Waals surface area contributed by atoms with Crippen molar-refractivity contribution in [3.8, 4) is 11.5 Å². The second-order valence-corrected chi connectivity index (χ2v) is 9.09. The van der Waals surface area contributed by atoms with Crippen molar-refractivity contribution in [1.29, 1.82) is 0 Å². The molecule has 1 aliphatic rings. The first kappa shape index (κ1) is 13.7. The van der Waals surface area contributed by atoms with E-state index in [0.29, 0.717) is 0 Å². The van der Waals surface area contributed by atoms with Gasteiger partial charge in [-0.15, -0.1) is 5.54 Å². The summed E-state index contributed by atoms with van der Waals surface area (Å²) in [6.45, 7) is 2.34. The zero-order valence-electron chi connectivity index (χ0n) is 12.2. The Balaban J connectivity index is 2.07. The third-order valence-corrected chi connectivity index (χ3v) is 7.55. The maximum Gasteiger partial charge on any atom is 0.196 e. The summed E-state index contributed by atoms with van der Waals surface area (Å²) in [6.07, 6.45) is 7.35. The van der Waals surface area contributed by atoms with Gasteiger partial charge in [-0.1, -0.05) is 91.4 Å². The predicted molar refractivity (Wildman–Crippen MR) is 93.4 cm³/mol. The molecule has 0 aromatic heterocycles. The van der Waals surface area contributed by atoms with Crippen molar-refractivity contribution >= 4 is 18.4 Å². The molecule has 0 saturated carbocycles. The van der Waals surface area contributed by atoms with Gasteiger partial charge in [0.05, 0.1) is 0 Å². The van der Waals surface area contributed by atoms with Crippen LogP contribution in [0.5, 0.6) is 0 Å². The van der Waals surface area contributed by atoms with Gasteiger partial charge in [-0.3, -0.25) is 0 Å². The maximum absolute atomic E-state index is 3.65. The molecule has 2 aromatic carbocycles. The molecule has 1 aliphatic carbocycles. The van der Waals surface area contributed by atoms with E-state index in [1.807, 2.05) is 0 Å². The van der Waals surface area contributed by atoms with Gasteiger partial charge in [-0.25, -0.2) is 0 Å².